The van der Waals surface area contributed by atoms with Crippen molar-refractivity contribution in [1.29, 1.82) is 0 Å². The van der Waals surface area contributed by atoms with Gasteiger partial charge in [0.15, 0.2) is 0 Å². The van der Waals surface area contributed by atoms with Crippen LogP contribution in [0.5, 0.6) is 11.5 Å². The van der Waals surface area contributed by atoms with Crippen molar-refractivity contribution in [1.82, 2.24) is 0 Å². The van der Waals surface area contributed by atoms with Crippen molar-refractivity contribution in [3.63, 3.8) is 0 Å². The van der Waals surface area contributed by atoms with E-state index in [2.05, 4.69) is 11.8 Å². The normalized spacial score (nSPS) is 9.67. The van der Waals surface area contributed by atoms with E-state index < -0.39 is 0 Å². The van der Waals surface area contributed by atoms with Crippen LogP contribution in [0.25, 0.3) is 0 Å². The van der Waals surface area contributed by atoms with Crippen LogP contribution in [0.15, 0.2) is 42.5 Å². The predicted octanol–water partition coefficient (Wildman–Crippen LogP) is 3.24. The smallest absolute Gasteiger partial charge is 0.138 e. The van der Waals surface area contributed by atoms with Gasteiger partial charge in [0.1, 0.15) is 18.1 Å². The fourth-order valence-corrected chi connectivity index (χ4v) is 1.99. The summed E-state index contributed by atoms with van der Waals surface area (Å²) in [4.78, 5) is 0. The van der Waals surface area contributed by atoms with Gasteiger partial charge >= 0.3 is 0 Å². The zero-order valence-corrected chi connectivity index (χ0v) is 12.5. The second-order valence-corrected chi connectivity index (χ2v) is 4.66. The maximum atomic E-state index is 6.08. The lowest BCUT2D eigenvalue weighted by molar-refractivity contribution is 0.305. The molecule has 0 radical (unpaired) electrons. The molecule has 0 saturated heterocycles. The Morgan fingerprint density at radius 3 is 2.71 bits per heavy atom. The molecular formula is C17H16ClNO2. The number of ether oxygens (including phenoxy) is 2. The molecule has 4 heteroatoms. The van der Waals surface area contributed by atoms with Gasteiger partial charge in [0.25, 0.3) is 0 Å². The van der Waals surface area contributed by atoms with Crippen LogP contribution in [0.4, 0.5) is 0 Å². The van der Waals surface area contributed by atoms with Gasteiger partial charge in [-0.3, -0.25) is 0 Å². The minimum absolute atomic E-state index is 0.316. The highest BCUT2D eigenvalue weighted by atomic mass is 35.5. The van der Waals surface area contributed by atoms with E-state index in [9.17, 15) is 0 Å². The van der Waals surface area contributed by atoms with Crippen LogP contribution < -0.4 is 15.2 Å². The van der Waals surface area contributed by atoms with Gasteiger partial charge in [0, 0.05) is 11.1 Å². The molecular weight excluding hydrogens is 286 g/mol. The molecule has 0 heterocycles. The van der Waals surface area contributed by atoms with Crippen molar-refractivity contribution in [2.45, 2.75) is 6.61 Å². The van der Waals surface area contributed by atoms with Gasteiger partial charge in [-0.05, 0) is 30.3 Å². The third-order valence-corrected chi connectivity index (χ3v) is 3.17. The molecule has 2 aromatic rings. The molecule has 0 amide bonds. The van der Waals surface area contributed by atoms with Crippen LogP contribution in [0.2, 0.25) is 5.02 Å². The third-order valence-electron chi connectivity index (χ3n) is 2.86. The predicted molar refractivity (Wildman–Crippen MR) is 84.7 cm³/mol. The van der Waals surface area contributed by atoms with Crippen LogP contribution in [-0.4, -0.2) is 13.7 Å². The average molecular weight is 302 g/mol. The van der Waals surface area contributed by atoms with E-state index in [0.29, 0.717) is 23.9 Å². The summed E-state index contributed by atoms with van der Waals surface area (Å²) in [6, 6.07) is 13.0. The molecule has 0 spiro atoms. The van der Waals surface area contributed by atoms with Gasteiger partial charge in [-0.15, -0.1) is 0 Å². The number of methoxy groups -OCH3 is 1. The second kappa shape index (κ2) is 7.58. The molecule has 0 saturated carbocycles. The lowest BCUT2D eigenvalue weighted by atomic mass is 10.1. The molecule has 0 bridgehead atoms. The van der Waals surface area contributed by atoms with E-state index in [1.54, 1.807) is 13.2 Å². The summed E-state index contributed by atoms with van der Waals surface area (Å²) in [5, 5.41) is 0.579. The molecule has 0 unspecified atom stereocenters. The summed E-state index contributed by atoms with van der Waals surface area (Å²) >= 11 is 6.08. The first-order valence-electron chi connectivity index (χ1n) is 6.47. The minimum atomic E-state index is 0.316. The number of benzene rings is 2. The van der Waals surface area contributed by atoms with Crippen LogP contribution in [0.3, 0.4) is 0 Å². The van der Waals surface area contributed by atoms with Crippen LogP contribution in [0.1, 0.15) is 11.1 Å². The van der Waals surface area contributed by atoms with Gasteiger partial charge in [0.05, 0.1) is 18.7 Å². The lowest BCUT2D eigenvalue weighted by Gasteiger charge is -2.11. The van der Waals surface area contributed by atoms with E-state index in [1.165, 1.54) is 0 Å². The van der Waals surface area contributed by atoms with Gasteiger partial charge in [-0.1, -0.05) is 35.6 Å². The van der Waals surface area contributed by atoms with Crippen molar-refractivity contribution in [3.8, 4) is 23.3 Å². The molecule has 2 aromatic carbocycles. The molecule has 3 nitrogen and oxygen atoms in total. The highest BCUT2D eigenvalue weighted by molar-refractivity contribution is 6.32. The molecule has 2 rings (SSSR count). The Morgan fingerprint density at radius 2 is 2.00 bits per heavy atom. The number of para-hydroxylation sites is 1. The summed E-state index contributed by atoms with van der Waals surface area (Å²) < 4.78 is 11.0. The molecule has 0 aliphatic heterocycles. The summed E-state index contributed by atoms with van der Waals surface area (Å²) in [7, 11) is 1.62. The standard InChI is InChI=1S/C17H16ClNO2/c1-20-15-9-8-13(5-4-10-19)14(11-15)12-21-17-7-3-2-6-16(17)18/h2-3,6-9,11H,10,12,19H2,1H3. The van der Waals surface area contributed by atoms with Gasteiger partial charge < -0.3 is 15.2 Å². The van der Waals surface area contributed by atoms with Crippen LogP contribution in [-0.2, 0) is 6.61 Å². The molecule has 21 heavy (non-hydrogen) atoms. The molecule has 0 aromatic heterocycles. The zero-order valence-electron chi connectivity index (χ0n) is 11.7. The van der Waals surface area contributed by atoms with E-state index in [1.807, 2.05) is 36.4 Å². The molecule has 0 atom stereocenters. The summed E-state index contributed by atoms with van der Waals surface area (Å²) in [6.45, 7) is 0.673. The quantitative estimate of drug-likeness (QED) is 0.882. The summed E-state index contributed by atoms with van der Waals surface area (Å²) in [5.41, 5.74) is 7.22. The molecule has 0 aliphatic rings. The highest BCUT2D eigenvalue weighted by Crippen LogP contribution is 2.25. The fraction of sp³-hybridized carbons (Fsp3) is 0.176. The maximum absolute atomic E-state index is 6.08. The number of nitrogens with two attached hydrogens (primary N) is 1. The first-order valence-corrected chi connectivity index (χ1v) is 6.85. The first kappa shape index (κ1) is 15.2. The molecule has 108 valence electrons. The van der Waals surface area contributed by atoms with Crippen molar-refractivity contribution in [3.05, 3.63) is 58.6 Å². The third kappa shape index (κ3) is 4.16. The number of hydrogen-bond donors (Lipinski definition) is 1. The van der Waals surface area contributed by atoms with E-state index in [-0.39, 0.29) is 0 Å². The Kier molecular flexibility index (Phi) is 5.51. The Morgan fingerprint density at radius 1 is 1.19 bits per heavy atom. The Bertz CT molecular complexity index is 674. The highest BCUT2D eigenvalue weighted by Gasteiger charge is 2.06. The van der Waals surface area contributed by atoms with Crippen LogP contribution >= 0.6 is 11.6 Å². The number of halogens is 1. The molecule has 0 fully saturated rings. The Labute approximate surface area is 129 Å². The number of hydrogen-bond acceptors (Lipinski definition) is 3. The average Bonchev–Trinajstić information content (AvgIpc) is 2.52. The zero-order chi connectivity index (χ0) is 15.1. The molecule has 2 N–H and O–H groups in total. The van der Waals surface area contributed by atoms with Gasteiger partial charge in [0.2, 0.25) is 0 Å². The number of rotatable bonds is 4. The van der Waals surface area contributed by atoms with E-state index in [4.69, 9.17) is 26.8 Å². The Balaban J connectivity index is 2.23. The summed E-state index contributed by atoms with van der Waals surface area (Å²) in [6.07, 6.45) is 0. The van der Waals surface area contributed by atoms with Gasteiger partial charge in [-0.2, -0.15) is 0 Å². The summed E-state index contributed by atoms with van der Waals surface area (Å²) in [5.74, 6) is 7.27. The van der Waals surface area contributed by atoms with Crippen LogP contribution in [0, 0.1) is 11.8 Å². The lowest BCUT2D eigenvalue weighted by Crippen LogP contribution is -2.00. The second-order valence-electron chi connectivity index (χ2n) is 4.25. The first-order chi connectivity index (χ1) is 10.2. The van der Waals surface area contributed by atoms with Gasteiger partial charge in [-0.25, -0.2) is 0 Å². The van der Waals surface area contributed by atoms with E-state index >= 15 is 0 Å². The van der Waals surface area contributed by atoms with Crippen molar-refractivity contribution < 1.29 is 9.47 Å². The minimum Gasteiger partial charge on any atom is -0.497 e. The fourth-order valence-electron chi connectivity index (χ4n) is 1.80. The molecule has 0 aliphatic carbocycles. The van der Waals surface area contributed by atoms with Crippen molar-refractivity contribution >= 4 is 11.6 Å². The maximum Gasteiger partial charge on any atom is 0.138 e. The van der Waals surface area contributed by atoms with Crippen molar-refractivity contribution in [2.75, 3.05) is 13.7 Å². The largest absolute Gasteiger partial charge is 0.497 e. The topological polar surface area (TPSA) is 44.5 Å². The monoisotopic (exact) mass is 301 g/mol. The Hall–Kier alpha value is -2.15. The SMILES string of the molecule is COc1ccc(C#CCN)c(COc2ccccc2Cl)c1. The van der Waals surface area contributed by atoms with Crippen molar-refractivity contribution in [2.24, 2.45) is 5.73 Å². The van der Waals surface area contributed by atoms with E-state index in [0.717, 1.165) is 16.9 Å².